The molecule has 1 heterocycles. The summed E-state index contributed by atoms with van der Waals surface area (Å²) in [5.74, 6) is -0.382. The Hall–Kier alpha value is -0.420. The molecular weight excluding hydrogens is 327 g/mol. The molecule has 17 heavy (non-hydrogen) atoms. The largest absolute Gasteiger partial charge is 0.387 e. The maximum Gasteiger partial charge on any atom is 0.127 e. The average molecular weight is 336 g/mol. The summed E-state index contributed by atoms with van der Waals surface area (Å²) in [4.78, 5) is 0.811. The summed E-state index contributed by atoms with van der Waals surface area (Å²) in [5.41, 5.74) is 0.464. The van der Waals surface area contributed by atoms with Crippen LogP contribution in [0.3, 0.4) is 0 Å². The highest BCUT2D eigenvalue weighted by Crippen LogP contribution is 2.28. The molecule has 0 aliphatic carbocycles. The van der Waals surface area contributed by atoms with E-state index in [0.29, 0.717) is 10.6 Å². The topological polar surface area (TPSA) is 20.2 Å². The molecule has 0 bridgehead atoms. The Morgan fingerprint density at radius 2 is 2.18 bits per heavy atom. The number of thiophene rings is 1. The Kier molecular flexibility index (Phi) is 4.20. The highest BCUT2D eigenvalue weighted by atomic mass is 79.9. The van der Waals surface area contributed by atoms with Crippen LogP contribution in [-0.4, -0.2) is 5.11 Å². The second-order valence-corrected chi connectivity index (χ2v) is 5.92. The van der Waals surface area contributed by atoms with Crippen molar-refractivity contribution in [2.24, 2.45) is 0 Å². The van der Waals surface area contributed by atoms with Gasteiger partial charge in [-0.2, -0.15) is 0 Å². The van der Waals surface area contributed by atoms with Crippen molar-refractivity contribution < 1.29 is 9.50 Å². The number of hydrogen-bond acceptors (Lipinski definition) is 2. The molecule has 90 valence electrons. The monoisotopic (exact) mass is 334 g/mol. The predicted octanol–water partition coefficient (Wildman–Crippen LogP) is 4.58. The number of halogens is 3. The van der Waals surface area contributed by atoms with Gasteiger partial charge in [-0.05, 0) is 39.7 Å². The molecule has 0 radical (unpaired) electrons. The van der Waals surface area contributed by atoms with Crippen LogP contribution in [0.1, 0.15) is 16.5 Å². The van der Waals surface area contributed by atoms with Crippen LogP contribution in [0.15, 0.2) is 34.1 Å². The molecule has 1 N–H and O–H groups in total. The van der Waals surface area contributed by atoms with Gasteiger partial charge in [-0.1, -0.05) is 17.7 Å². The van der Waals surface area contributed by atoms with Crippen molar-refractivity contribution in [1.82, 2.24) is 0 Å². The molecule has 0 spiro atoms. The molecule has 1 atom stereocenters. The summed E-state index contributed by atoms with van der Waals surface area (Å²) in [6.07, 6.45) is -0.447. The first-order valence-electron chi connectivity index (χ1n) is 4.92. The van der Waals surface area contributed by atoms with Crippen LogP contribution in [0.4, 0.5) is 4.39 Å². The minimum atomic E-state index is -0.693. The van der Waals surface area contributed by atoms with Gasteiger partial charge in [-0.15, -0.1) is 11.3 Å². The van der Waals surface area contributed by atoms with Crippen LogP contribution >= 0.6 is 38.9 Å². The van der Waals surface area contributed by atoms with E-state index in [-0.39, 0.29) is 12.2 Å². The van der Waals surface area contributed by atoms with E-state index in [1.807, 2.05) is 11.4 Å². The molecule has 0 fully saturated rings. The summed E-state index contributed by atoms with van der Waals surface area (Å²) in [6, 6.07) is 6.32. The van der Waals surface area contributed by atoms with E-state index in [9.17, 15) is 9.50 Å². The van der Waals surface area contributed by atoms with Gasteiger partial charge in [0.2, 0.25) is 0 Å². The van der Waals surface area contributed by atoms with E-state index in [1.54, 1.807) is 12.1 Å². The summed E-state index contributed by atoms with van der Waals surface area (Å²) in [6.45, 7) is 0. The second-order valence-electron chi connectivity index (χ2n) is 3.62. The van der Waals surface area contributed by atoms with Gasteiger partial charge in [-0.25, -0.2) is 4.39 Å². The van der Waals surface area contributed by atoms with Crippen LogP contribution in [0.2, 0.25) is 5.02 Å². The van der Waals surface area contributed by atoms with Crippen LogP contribution in [0.25, 0.3) is 0 Å². The van der Waals surface area contributed by atoms with E-state index in [0.717, 1.165) is 9.35 Å². The van der Waals surface area contributed by atoms with Crippen molar-refractivity contribution >= 4 is 38.9 Å². The first-order valence-corrected chi connectivity index (χ1v) is 6.97. The molecule has 1 nitrogen and oxygen atoms in total. The Balaban J connectivity index is 2.15. The number of hydrogen-bond donors (Lipinski definition) is 1. The smallest absolute Gasteiger partial charge is 0.127 e. The SMILES string of the molecule is OC(Cc1ccc(Cl)cc1F)c1cc(Br)cs1. The van der Waals surface area contributed by atoms with Crippen molar-refractivity contribution in [3.63, 3.8) is 0 Å². The Morgan fingerprint density at radius 3 is 2.76 bits per heavy atom. The van der Waals surface area contributed by atoms with Crippen LogP contribution in [0, 0.1) is 5.82 Å². The number of aliphatic hydroxyl groups excluding tert-OH is 1. The van der Waals surface area contributed by atoms with Crippen molar-refractivity contribution in [1.29, 1.82) is 0 Å². The van der Waals surface area contributed by atoms with Gasteiger partial charge in [0.05, 0.1) is 6.10 Å². The van der Waals surface area contributed by atoms with Crippen LogP contribution in [0.5, 0.6) is 0 Å². The maximum absolute atomic E-state index is 13.5. The van der Waals surface area contributed by atoms with Crippen LogP contribution in [-0.2, 0) is 6.42 Å². The Bertz CT molecular complexity index is 529. The van der Waals surface area contributed by atoms with Gasteiger partial charge >= 0.3 is 0 Å². The number of aliphatic hydroxyl groups is 1. The number of benzene rings is 1. The van der Waals surface area contributed by atoms with Gasteiger partial charge in [0, 0.05) is 26.2 Å². The van der Waals surface area contributed by atoms with Gasteiger partial charge < -0.3 is 5.11 Å². The molecule has 0 saturated carbocycles. The molecule has 2 aromatic rings. The van der Waals surface area contributed by atoms with E-state index < -0.39 is 6.10 Å². The minimum absolute atomic E-state index is 0.246. The van der Waals surface area contributed by atoms with Crippen molar-refractivity contribution in [3.05, 3.63) is 55.4 Å². The fraction of sp³-hybridized carbons (Fsp3) is 0.167. The highest BCUT2D eigenvalue weighted by Gasteiger charge is 2.13. The lowest BCUT2D eigenvalue weighted by Gasteiger charge is -2.09. The van der Waals surface area contributed by atoms with E-state index in [2.05, 4.69) is 15.9 Å². The second kappa shape index (κ2) is 5.48. The van der Waals surface area contributed by atoms with E-state index in [4.69, 9.17) is 11.6 Å². The number of rotatable bonds is 3. The lowest BCUT2D eigenvalue weighted by atomic mass is 10.1. The molecule has 1 aromatic carbocycles. The highest BCUT2D eigenvalue weighted by molar-refractivity contribution is 9.10. The van der Waals surface area contributed by atoms with Crippen LogP contribution < -0.4 is 0 Å². The summed E-state index contributed by atoms with van der Waals surface area (Å²) < 4.78 is 14.5. The zero-order valence-electron chi connectivity index (χ0n) is 8.66. The summed E-state index contributed by atoms with van der Waals surface area (Å²) >= 11 is 10.4. The van der Waals surface area contributed by atoms with Gasteiger partial charge in [0.25, 0.3) is 0 Å². The summed E-state index contributed by atoms with van der Waals surface area (Å²) in [5, 5.41) is 12.2. The molecule has 0 amide bonds. The fourth-order valence-corrected chi connectivity index (χ4v) is 3.09. The third-order valence-electron chi connectivity index (χ3n) is 2.34. The third-order valence-corrected chi connectivity index (χ3v) is 4.37. The fourth-order valence-electron chi connectivity index (χ4n) is 1.50. The Labute approximate surface area is 116 Å². The molecule has 1 aromatic heterocycles. The third kappa shape index (κ3) is 3.28. The van der Waals surface area contributed by atoms with Crippen molar-refractivity contribution in [3.8, 4) is 0 Å². The molecule has 5 heteroatoms. The average Bonchev–Trinajstić information content (AvgIpc) is 2.69. The molecule has 2 rings (SSSR count). The van der Waals surface area contributed by atoms with E-state index >= 15 is 0 Å². The maximum atomic E-state index is 13.5. The molecule has 0 aliphatic rings. The molecule has 1 unspecified atom stereocenters. The lowest BCUT2D eigenvalue weighted by Crippen LogP contribution is -2.01. The molecule has 0 aliphatic heterocycles. The standard InChI is InChI=1S/C12H9BrClFOS/c13-8-4-12(17-6-8)11(16)3-7-1-2-9(14)5-10(7)15/h1-2,4-6,11,16H,3H2. The normalized spacial score (nSPS) is 12.7. The molecule has 0 saturated heterocycles. The minimum Gasteiger partial charge on any atom is -0.387 e. The predicted molar refractivity (Wildman–Crippen MR) is 72.1 cm³/mol. The molecular formula is C12H9BrClFOS. The first kappa shape index (κ1) is 13.0. The Morgan fingerprint density at radius 1 is 1.41 bits per heavy atom. The van der Waals surface area contributed by atoms with Crippen molar-refractivity contribution in [2.45, 2.75) is 12.5 Å². The van der Waals surface area contributed by atoms with Crippen molar-refractivity contribution in [2.75, 3.05) is 0 Å². The zero-order valence-corrected chi connectivity index (χ0v) is 11.8. The van der Waals surface area contributed by atoms with Gasteiger partial charge in [0.15, 0.2) is 0 Å². The van der Waals surface area contributed by atoms with Gasteiger partial charge in [0.1, 0.15) is 5.82 Å². The van der Waals surface area contributed by atoms with E-state index in [1.165, 1.54) is 17.4 Å². The summed E-state index contributed by atoms with van der Waals surface area (Å²) in [7, 11) is 0. The first-order chi connectivity index (χ1) is 8.06. The van der Waals surface area contributed by atoms with Gasteiger partial charge in [-0.3, -0.25) is 0 Å². The zero-order chi connectivity index (χ0) is 12.4. The lowest BCUT2D eigenvalue weighted by molar-refractivity contribution is 0.181. The quantitative estimate of drug-likeness (QED) is 0.870.